The normalized spacial score (nSPS) is 20.2. The van der Waals surface area contributed by atoms with E-state index in [0.29, 0.717) is 25.7 Å². The van der Waals surface area contributed by atoms with Gasteiger partial charge in [0.05, 0.1) is 6.54 Å². The summed E-state index contributed by atoms with van der Waals surface area (Å²) >= 11 is 0. The fraction of sp³-hybridized carbons (Fsp3) is 0.609. The highest BCUT2D eigenvalue weighted by Gasteiger charge is 2.33. The van der Waals surface area contributed by atoms with E-state index < -0.39 is 0 Å². The third kappa shape index (κ3) is 4.98. The molecule has 0 spiro atoms. The molecule has 2 fully saturated rings. The molecule has 0 radical (unpaired) electrons. The third-order valence-electron chi connectivity index (χ3n) is 6.99. The van der Waals surface area contributed by atoms with Crippen LogP contribution in [0.5, 0.6) is 0 Å². The first-order valence-electron chi connectivity index (χ1n) is 11.5. The number of likely N-dealkylation sites (tertiary alicyclic amines) is 2. The number of hydrogen-bond acceptors (Lipinski definition) is 4. The van der Waals surface area contributed by atoms with Gasteiger partial charge < -0.3 is 30.2 Å². The second-order valence-electron chi connectivity index (χ2n) is 9.17. The van der Waals surface area contributed by atoms with Crippen LogP contribution in [0.25, 0.3) is 0 Å². The Labute approximate surface area is 189 Å². The van der Waals surface area contributed by atoms with Gasteiger partial charge in [0.1, 0.15) is 0 Å². The van der Waals surface area contributed by atoms with Gasteiger partial charge in [-0.2, -0.15) is 0 Å². The number of rotatable bonds is 4. The molecule has 1 aromatic carbocycles. The second kappa shape index (κ2) is 9.77. The van der Waals surface area contributed by atoms with Gasteiger partial charge in [0, 0.05) is 50.5 Å². The van der Waals surface area contributed by atoms with Crippen LogP contribution in [0.1, 0.15) is 31.2 Å². The molecule has 5 amide bonds. The molecule has 0 aromatic heterocycles. The standard InChI is InChI=1S/C23H34N6O3/c1-26(2)18-7-11-27(12-8-18)21(30)15-24-22(31)28-13-9-19(10-14-28)29-16-17-5-3-4-6-20(17)25-23(29)32/h3-6,18-19H,7-16H2,1-2H3,(H,24,31)(H,25,32). The maximum Gasteiger partial charge on any atom is 0.322 e. The number of carbonyl (C=O) groups excluding carboxylic acids is 3. The minimum Gasteiger partial charge on any atom is -0.341 e. The Morgan fingerprint density at radius 2 is 1.69 bits per heavy atom. The quantitative estimate of drug-likeness (QED) is 0.744. The number of nitrogens with one attached hydrogen (secondary N) is 2. The predicted octanol–water partition coefficient (Wildman–Crippen LogP) is 1.76. The number of piperidine rings is 2. The zero-order valence-electron chi connectivity index (χ0n) is 19.0. The van der Waals surface area contributed by atoms with Gasteiger partial charge in [0.15, 0.2) is 0 Å². The lowest BCUT2D eigenvalue weighted by Crippen LogP contribution is -2.53. The van der Waals surface area contributed by atoms with Crippen molar-refractivity contribution in [1.29, 1.82) is 0 Å². The largest absolute Gasteiger partial charge is 0.341 e. The molecule has 4 rings (SSSR count). The highest BCUT2D eigenvalue weighted by Crippen LogP contribution is 2.27. The van der Waals surface area contributed by atoms with Crippen molar-refractivity contribution < 1.29 is 14.4 Å². The molecule has 2 N–H and O–H groups in total. The Morgan fingerprint density at radius 3 is 2.38 bits per heavy atom. The van der Waals surface area contributed by atoms with Gasteiger partial charge >= 0.3 is 12.1 Å². The molecule has 32 heavy (non-hydrogen) atoms. The molecule has 0 saturated carbocycles. The second-order valence-corrected chi connectivity index (χ2v) is 9.17. The Balaban J connectivity index is 1.20. The molecule has 1 aromatic rings. The van der Waals surface area contributed by atoms with Crippen LogP contribution >= 0.6 is 0 Å². The smallest absolute Gasteiger partial charge is 0.322 e. The summed E-state index contributed by atoms with van der Waals surface area (Å²) in [6.45, 7) is 3.26. The molecule has 0 atom stereocenters. The van der Waals surface area contributed by atoms with E-state index in [1.54, 1.807) is 4.90 Å². The van der Waals surface area contributed by atoms with Gasteiger partial charge in [-0.25, -0.2) is 9.59 Å². The number of benzene rings is 1. The number of anilines is 1. The lowest BCUT2D eigenvalue weighted by Gasteiger charge is -2.40. The Bertz CT molecular complexity index is 844. The van der Waals surface area contributed by atoms with Crippen molar-refractivity contribution in [3.63, 3.8) is 0 Å². The Kier molecular flexibility index (Phi) is 6.83. The lowest BCUT2D eigenvalue weighted by atomic mass is 10.0. The van der Waals surface area contributed by atoms with Gasteiger partial charge in [-0.1, -0.05) is 18.2 Å². The average Bonchev–Trinajstić information content (AvgIpc) is 2.82. The van der Waals surface area contributed by atoms with Crippen LogP contribution in [0.2, 0.25) is 0 Å². The van der Waals surface area contributed by atoms with Crippen molar-refractivity contribution in [2.75, 3.05) is 52.1 Å². The maximum atomic E-state index is 12.6. The summed E-state index contributed by atoms with van der Waals surface area (Å²) in [7, 11) is 4.14. The van der Waals surface area contributed by atoms with Gasteiger partial charge in [0.2, 0.25) is 5.91 Å². The topological polar surface area (TPSA) is 88.2 Å². The van der Waals surface area contributed by atoms with Crippen molar-refractivity contribution in [2.45, 2.75) is 44.3 Å². The molecule has 0 aliphatic carbocycles. The van der Waals surface area contributed by atoms with E-state index in [4.69, 9.17) is 0 Å². The highest BCUT2D eigenvalue weighted by molar-refractivity contribution is 5.92. The van der Waals surface area contributed by atoms with Crippen LogP contribution in [0.3, 0.4) is 0 Å². The molecular formula is C23H34N6O3. The number of carbonyl (C=O) groups is 3. The fourth-order valence-electron chi connectivity index (χ4n) is 4.90. The van der Waals surface area contributed by atoms with Crippen LogP contribution < -0.4 is 10.6 Å². The molecular weight excluding hydrogens is 408 g/mol. The monoisotopic (exact) mass is 442 g/mol. The summed E-state index contributed by atoms with van der Waals surface area (Å²) in [6.07, 6.45) is 3.40. The van der Waals surface area contributed by atoms with Crippen molar-refractivity contribution in [3.05, 3.63) is 29.8 Å². The van der Waals surface area contributed by atoms with Crippen LogP contribution in [0.15, 0.2) is 24.3 Å². The van der Waals surface area contributed by atoms with Gasteiger partial charge in [-0.3, -0.25) is 4.79 Å². The lowest BCUT2D eigenvalue weighted by molar-refractivity contribution is -0.131. The zero-order chi connectivity index (χ0) is 22.7. The number of nitrogens with zero attached hydrogens (tertiary/aromatic N) is 4. The molecule has 0 unspecified atom stereocenters. The summed E-state index contributed by atoms with van der Waals surface area (Å²) in [5, 5.41) is 5.76. The van der Waals surface area contributed by atoms with E-state index in [-0.39, 0.29) is 30.6 Å². The van der Waals surface area contributed by atoms with Crippen molar-refractivity contribution in [2.24, 2.45) is 0 Å². The Hall–Kier alpha value is -2.81. The predicted molar refractivity (Wildman–Crippen MR) is 122 cm³/mol. The molecule has 9 nitrogen and oxygen atoms in total. The molecule has 3 heterocycles. The van der Waals surface area contributed by atoms with Gasteiger partial charge in [-0.05, 0) is 51.4 Å². The molecule has 3 aliphatic heterocycles. The molecule has 2 saturated heterocycles. The van der Waals surface area contributed by atoms with Crippen molar-refractivity contribution in [3.8, 4) is 0 Å². The molecule has 3 aliphatic rings. The van der Waals surface area contributed by atoms with E-state index in [0.717, 1.165) is 50.0 Å². The minimum atomic E-state index is -0.201. The van der Waals surface area contributed by atoms with Gasteiger partial charge in [-0.15, -0.1) is 0 Å². The molecule has 0 bridgehead atoms. The van der Waals surface area contributed by atoms with Gasteiger partial charge in [0.25, 0.3) is 0 Å². The summed E-state index contributed by atoms with van der Waals surface area (Å²) in [5.74, 6) is -0.0194. The number of para-hydroxylation sites is 1. The SMILES string of the molecule is CN(C)C1CCN(C(=O)CNC(=O)N2CCC(N3Cc4ccccc4NC3=O)CC2)CC1. The van der Waals surface area contributed by atoms with E-state index in [1.165, 1.54) is 0 Å². The zero-order valence-corrected chi connectivity index (χ0v) is 19.0. The van der Waals surface area contributed by atoms with E-state index in [1.807, 2.05) is 34.1 Å². The van der Waals surface area contributed by atoms with Crippen molar-refractivity contribution >= 4 is 23.7 Å². The Morgan fingerprint density at radius 1 is 1.03 bits per heavy atom. The average molecular weight is 443 g/mol. The minimum absolute atomic E-state index is 0.0194. The number of amides is 5. The summed E-state index contributed by atoms with van der Waals surface area (Å²) in [4.78, 5) is 45.3. The van der Waals surface area contributed by atoms with E-state index in [9.17, 15) is 14.4 Å². The number of hydrogen-bond donors (Lipinski definition) is 2. The van der Waals surface area contributed by atoms with Crippen LogP contribution in [-0.2, 0) is 11.3 Å². The summed E-state index contributed by atoms with van der Waals surface area (Å²) in [5.41, 5.74) is 1.99. The first kappa shape index (κ1) is 22.4. The number of fused-ring (bicyclic) bond motifs is 1. The van der Waals surface area contributed by atoms with E-state index >= 15 is 0 Å². The number of urea groups is 2. The third-order valence-corrected chi connectivity index (χ3v) is 6.99. The highest BCUT2D eigenvalue weighted by atomic mass is 16.2. The molecule has 9 heteroatoms. The summed E-state index contributed by atoms with van der Waals surface area (Å²) < 4.78 is 0. The van der Waals surface area contributed by atoms with Crippen molar-refractivity contribution in [1.82, 2.24) is 24.9 Å². The van der Waals surface area contributed by atoms with Crippen LogP contribution in [0, 0.1) is 0 Å². The van der Waals surface area contributed by atoms with E-state index in [2.05, 4.69) is 29.6 Å². The summed E-state index contributed by atoms with van der Waals surface area (Å²) in [6, 6.07) is 8.20. The molecule has 174 valence electrons. The fourth-order valence-corrected chi connectivity index (χ4v) is 4.90. The first-order chi connectivity index (χ1) is 15.4. The first-order valence-corrected chi connectivity index (χ1v) is 11.5. The maximum absolute atomic E-state index is 12.6. The van der Waals surface area contributed by atoms with Crippen LogP contribution in [0.4, 0.5) is 15.3 Å². The van der Waals surface area contributed by atoms with Crippen LogP contribution in [-0.4, -0.2) is 96.5 Å².